The number of ether oxygens (including phenoxy) is 1. The molecule has 2 amide bonds. The summed E-state index contributed by atoms with van der Waals surface area (Å²) >= 11 is 0. The Hall–Kier alpha value is -3.40. The fraction of sp³-hybridized carbons (Fsp3) is 0.400. The summed E-state index contributed by atoms with van der Waals surface area (Å²) in [7, 11) is 0. The Balaban J connectivity index is 1.25. The van der Waals surface area contributed by atoms with E-state index < -0.39 is 0 Å². The minimum Gasteiger partial charge on any atom is -0.368 e. The second kappa shape index (κ2) is 7.45. The minimum atomic E-state index is -0.343. The van der Waals surface area contributed by atoms with E-state index in [0.717, 1.165) is 35.2 Å². The highest BCUT2D eigenvalue weighted by molar-refractivity contribution is 5.94. The molecule has 2 aliphatic heterocycles. The number of imidazole rings is 1. The van der Waals surface area contributed by atoms with Gasteiger partial charge in [-0.1, -0.05) is 6.07 Å². The number of hydrogen-bond acceptors (Lipinski definition) is 5. The molecule has 0 saturated carbocycles. The van der Waals surface area contributed by atoms with Crippen LogP contribution < -0.4 is 11.0 Å². The van der Waals surface area contributed by atoms with Gasteiger partial charge in [-0.05, 0) is 37.0 Å². The van der Waals surface area contributed by atoms with Gasteiger partial charge in [0.15, 0.2) is 5.69 Å². The van der Waals surface area contributed by atoms with E-state index >= 15 is 0 Å². The number of H-pyrrole nitrogens is 3. The fourth-order valence-corrected chi connectivity index (χ4v) is 4.13. The monoisotopic (exact) mass is 410 g/mol. The molecule has 0 spiro atoms. The number of aromatic nitrogens is 4. The van der Waals surface area contributed by atoms with Gasteiger partial charge in [0.1, 0.15) is 6.10 Å². The van der Waals surface area contributed by atoms with Crippen LogP contribution in [0.3, 0.4) is 0 Å². The highest BCUT2D eigenvalue weighted by Crippen LogP contribution is 2.23. The average molecular weight is 410 g/mol. The first-order valence-electron chi connectivity index (χ1n) is 10.0. The van der Waals surface area contributed by atoms with E-state index in [0.29, 0.717) is 43.9 Å². The van der Waals surface area contributed by atoms with Crippen LogP contribution in [-0.4, -0.2) is 56.1 Å². The van der Waals surface area contributed by atoms with Crippen molar-refractivity contribution in [2.45, 2.75) is 38.5 Å². The van der Waals surface area contributed by atoms with E-state index in [1.165, 1.54) is 0 Å². The fourth-order valence-electron chi connectivity index (χ4n) is 4.13. The predicted octanol–water partition coefficient (Wildman–Crippen LogP) is 0.573. The van der Waals surface area contributed by atoms with Crippen LogP contribution in [0.15, 0.2) is 23.0 Å². The Morgan fingerprint density at radius 3 is 2.97 bits per heavy atom. The number of nitrogens with one attached hydrogen (secondary N) is 4. The van der Waals surface area contributed by atoms with Gasteiger partial charge >= 0.3 is 5.69 Å². The van der Waals surface area contributed by atoms with Crippen LogP contribution in [0, 0.1) is 0 Å². The van der Waals surface area contributed by atoms with Crippen molar-refractivity contribution < 1.29 is 14.3 Å². The smallest absolute Gasteiger partial charge is 0.323 e. The molecule has 2 aliphatic rings. The van der Waals surface area contributed by atoms with Crippen LogP contribution in [0.4, 0.5) is 0 Å². The van der Waals surface area contributed by atoms with Crippen molar-refractivity contribution in [3.05, 3.63) is 51.2 Å². The van der Waals surface area contributed by atoms with Crippen molar-refractivity contribution in [2.75, 3.05) is 13.2 Å². The van der Waals surface area contributed by atoms with E-state index in [4.69, 9.17) is 4.74 Å². The maximum atomic E-state index is 12.7. The zero-order chi connectivity index (χ0) is 20.7. The summed E-state index contributed by atoms with van der Waals surface area (Å²) in [6.45, 7) is 1.90. The molecule has 1 atom stereocenters. The summed E-state index contributed by atoms with van der Waals surface area (Å²) in [4.78, 5) is 43.8. The molecule has 2 aromatic heterocycles. The summed E-state index contributed by atoms with van der Waals surface area (Å²) in [6.07, 6.45) is 1.91. The average Bonchev–Trinajstić information content (AvgIpc) is 3.49. The molecule has 1 fully saturated rings. The molecular weight excluding hydrogens is 388 g/mol. The molecule has 5 rings (SSSR count). The number of rotatable bonds is 4. The Morgan fingerprint density at radius 2 is 2.13 bits per heavy atom. The highest BCUT2D eigenvalue weighted by atomic mass is 16.5. The first-order chi connectivity index (χ1) is 14.6. The third-order valence-corrected chi connectivity index (χ3v) is 5.70. The molecule has 1 saturated heterocycles. The normalized spacial score (nSPS) is 18.5. The van der Waals surface area contributed by atoms with Gasteiger partial charge < -0.3 is 24.9 Å². The van der Waals surface area contributed by atoms with Crippen molar-refractivity contribution in [1.29, 1.82) is 0 Å². The van der Waals surface area contributed by atoms with Crippen LogP contribution in [-0.2, 0) is 29.0 Å². The quantitative estimate of drug-likeness (QED) is 0.499. The molecule has 1 aromatic carbocycles. The van der Waals surface area contributed by atoms with Crippen LogP contribution in [0.5, 0.6) is 0 Å². The molecule has 1 unspecified atom stereocenters. The van der Waals surface area contributed by atoms with Crippen LogP contribution in [0.25, 0.3) is 11.0 Å². The van der Waals surface area contributed by atoms with Gasteiger partial charge in [-0.15, -0.1) is 0 Å². The molecule has 10 nitrogen and oxygen atoms in total. The van der Waals surface area contributed by atoms with E-state index in [-0.39, 0.29) is 23.6 Å². The molecule has 0 aliphatic carbocycles. The zero-order valence-corrected chi connectivity index (χ0v) is 16.3. The first-order valence-corrected chi connectivity index (χ1v) is 10.0. The molecule has 0 radical (unpaired) electrons. The third kappa shape index (κ3) is 3.39. The summed E-state index contributed by atoms with van der Waals surface area (Å²) in [5, 5.41) is 9.99. The van der Waals surface area contributed by atoms with Gasteiger partial charge in [0.25, 0.3) is 11.8 Å². The van der Waals surface area contributed by atoms with Gasteiger partial charge in [-0.3, -0.25) is 14.7 Å². The molecule has 0 bridgehead atoms. The number of benzene rings is 1. The summed E-state index contributed by atoms with van der Waals surface area (Å²) in [5.74, 6) is -0.258. The summed E-state index contributed by atoms with van der Waals surface area (Å²) in [6, 6.07) is 5.47. The number of nitrogens with zero attached hydrogens (tertiary/aromatic N) is 2. The second-order valence-corrected chi connectivity index (χ2v) is 7.68. The van der Waals surface area contributed by atoms with Gasteiger partial charge in [-0.2, -0.15) is 5.10 Å². The number of carbonyl (C=O) groups is 2. The van der Waals surface area contributed by atoms with Crippen LogP contribution in [0.1, 0.15) is 40.2 Å². The zero-order valence-electron chi connectivity index (χ0n) is 16.3. The van der Waals surface area contributed by atoms with Crippen molar-refractivity contribution in [3.63, 3.8) is 0 Å². The SMILES string of the molecule is O=C(NCc1ccc2[nH]c(=O)[nH]c2c1)c1n[nH]c2c1CCN(C(=O)C1CCCO1)C2. The van der Waals surface area contributed by atoms with Crippen molar-refractivity contribution >= 4 is 22.8 Å². The lowest BCUT2D eigenvalue weighted by Crippen LogP contribution is -2.42. The molecule has 4 N–H and O–H groups in total. The first kappa shape index (κ1) is 18.6. The van der Waals surface area contributed by atoms with Crippen molar-refractivity contribution in [2.24, 2.45) is 0 Å². The molecule has 156 valence electrons. The van der Waals surface area contributed by atoms with E-state index in [2.05, 4.69) is 25.5 Å². The largest absolute Gasteiger partial charge is 0.368 e. The predicted molar refractivity (Wildman–Crippen MR) is 107 cm³/mol. The molecule has 3 aromatic rings. The maximum absolute atomic E-state index is 12.7. The van der Waals surface area contributed by atoms with Gasteiger partial charge in [-0.25, -0.2) is 4.79 Å². The number of amides is 2. The van der Waals surface area contributed by atoms with Gasteiger partial charge in [0, 0.05) is 25.3 Å². The third-order valence-electron chi connectivity index (χ3n) is 5.70. The highest BCUT2D eigenvalue weighted by Gasteiger charge is 2.32. The standard InChI is InChI=1S/C20H22N6O4/c27-18(21-9-11-3-4-13-14(8-11)23-20(29)22-13)17-12-5-6-26(10-15(12)24-25-17)19(28)16-2-1-7-30-16/h3-4,8,16H,1-2,5-7,9-10H2,(H,21,27)(H,24,25)(H2,22,23,29). The van der Waals surface area contributed by atoms with E-state index in [1.54, 1.807) is 11.0 Å². The number of hydrogen-bond donors (Lipinski definition) is 4. The molecular formula is C20H22N6O4. The van der Waals surface area contributed by atoms with E-state index in [1.807, 2.05) is 12.1 Å². The van der Waals surface area contributed by atoms with Crippen molar-refractivity contribution in [1.82, 2.24) is 30.4 Å². The lowest BCUT2D eigenvalue weighted by Gasteiger charge is -2.28. The second-order valence-electron chi connectivity index (χ2n) is 7.68. The number of aromatic amines is 3. The Bertz CT molecular complexity index is 1170. The minimum absolute atomic E-state index is 0.0111. The summed E-state index contributed by atoms with van der Waals surface area (Å²) < 4.78 is 5.50. The van der Waals surface area contributed by atoms with E-state index in [9.17, 15) is 14.4 Å². The lowest BCUT2D eigenvalue weighted by atomic mass is 10.0. The van der Waals surface area contributed by atoms with Crippen LogP contribution in [0.2, 0.25) is 0 Å². The number of fused-ring (bicyclic) bond motifs is 2. The van der Waals surface area contributed by atoms with Gasteiger partial charge in [0.2, 0.25) is 0 Å². The van der Waals surface area contributed by atoms with Gasteiger partial charge in [0.05, 0.1) is 23.3 Å². The van der Waals surface area contributed by atoms with Crippen molar-refractivity contribution in [3.8, 4) is 0 Å². The molecule has 10 heteroatoms. The lowest BCUT2D eigenvalue weighted by molar-refractivity contribution is -0.141. The summed E-state index contributed by atoms with van der Waals surface area (Å²) in [5.41, 5.74) is 4.03. The Labute approximate surface area is 171 Å². The number of carbonyl (C=O) groups excluding carboxylic acids is 2. The molecule has 30 heavy (non-hydrogen) atoms. The Kier molecular flexibility index (Phi) is 4.62. The van der Waals surface area contributed by atoms with Crippen LogP contribution >= 0.6 is 0 Å². The topological polar surface area (TPSA) is 136 Å². The Morgan fingerprint density at radius 1 is 1.27 bits per heavy atom. The maximum Gasteiger partial charge on any atom is 0.323 e. The molecule has 4 heterocycles.